The van der Waals surface area contributed by atoms with Gasteiger partial charge in [-0.25, -0.2) is 0 Å². The van der Waals surface area contributed by atoms with Gasteiger partial charge < -0.3 is 4.84 Å². The molecule has 1 N–H and O–H groups in total. The van der Waals surface area contributed by atoms with Gasteiger partial charge in [0.2, 0.25) is 0 Å². The van der Waals surface area contributed by atoms with Gasteiger partial charge in [-0.2, -0.15) is 5.48 Å². The standard InChI is InChI=1S/C11H23NO/c1-4-10-6-5-7-11(10)12-13-8-9(2)3/h9-12H,4-8H2,1-3H3. The molecular weight excluding hydrogens is 162 g/mol. The SMILES string of the molecule is CCC1CCCC1NOCC(C)C. The van der Waals surface area contributed by atoms with Crippen LogP contribution in [0.2, 0.25) is 0 Å². The van der Waals surface area contributed by atoms with Crippen molar-refractivity contribution in [2.45, 2.75) is 52.5 Å². The van der Waals surface area contributed by atoms with E-state index in [1.54, 1.807) is 0 Å². The Kier molecular flexibility index (Phi) is 4.74. The van der Waals surface area contributed by atoms with Crippen molar-refractivity contribution in [3.05, 3.63) is 0 Å². The Labute approximate surface area is 82.0 Å². The molecule has 2 unspecified atom stereocenters. The summed E-state index contributed by atoms with van der Waals surface area (Å²) in [7, 11) is 0. The van der Waals surface area contributed by atoms with Crippen LogP contribution in [0.3, 0.4) is 0 Å². The number of rotatable bonds is 5. The smallest absolute Gasteiger partial charge is 0.0705 e. The van der Waals surface area contributed by atoms with Crippen LogP contribution in [0.25, 0.3) is 0 Å². The van der Waals surface area contributed by atoms with Crippen molar-refractivity contribution in [3.8, 4) is 0 Å². The molecule has 1 aliphatic rings. The van der Waals surface area contributed by atoms with Crippen molar-refractivity contribution < 1.29 is 4.84 Å². The normalized spacial score (nSPS) is 28.6. The van der Waals surface area contributed by atoms with Crippen LogP contribution in [-0.4, -0.2) is 12.6 Å². The molecule has 1 fully saturated rings. The average Bonchev–Trinajstić information content (AvgIpc) is 2.51. The predicted molar refractivity (Wildman–Crippen MR) is 55.3 cm³/mol. The molecule has 1 aliphatic carbocycles. The van der Waals surface area contributed by atoms with Crippen molar-refractivity contribution in [1.29, 1.82) is 0 Å². The minimum absolute atomic E-state index is 0.615. The van der Waals surface area contributed by atoms with Crippen LogP contribution in [0.1, 0.15) is 46.5 Å². The van der Waals surface area contributed by atoms with E-state index in [-0.39, 0.29) is 0 Å². The maximum Gasteiger partial charge on any atom is 0.0705 e. The summed E-state index contributed by atoms with van der Waals surface area (Å²) < 4.78 is 0. The fourth-order valence-electron chi connectivity index (χ4n) is 2.00. The van der Waals surface area contributed by atoms with Crippen LogP contribution in [0, 0.1) is 11.8 Å². The molecule has 0 aromatic heterocycles. The summed E-state index contributed by atoms with van der Waals surface area (Å²) >= 11 is 0. The van der Waals surface area contributed by atoms with Crippen LogP contribution >= 0.6 is 0 Å². The zero-order valence-electron chi connectivity index (χ0n) is 9.18. The van der Waals surface area contributed by atoms with E-state index in [0.29, 0.717) is 12.0 Å². The molecule has 78 valence electrons. The number of hydrogen-bond acceptors (Lipinski definition) is 2. The second-order valence-corrected chi connectivity index (χ2v) is 4.53. The highest BCUT2D eigenvalue weighted by Crippen LogP contribution is 2.27. The Morgan fingerprint density at radius 3 is 2.77 bits per heavy atom. The summed E-state index contributed by atoms with van der Waals surface area (Å²) in [6.07, 6.45) is 5.31. The highest BCUT2D eigenvalue weighted by Gasteiger charge is 2.25. The maximum absolute atomic E-state index is 5.46. The van der Waals surface area contributed by atoms with E-state index in [2.05, 4.69) is 26.3 Å². The van der Waals surface area contributed by atoms with Crippen molar-refractivity contribution in [2.75, 3.05) is 6.61 Å². The Bertz CT molecular complexity index is 136. The highest BCUT2D eigenvalue weighted by molar-refractivity contribution is 4.79. The molecule has 2 atom stereocenters. The van der Waals surface area contributed by atoms with Crippen LogP contribution in [-0.2, 0) is 4.84 Å². The molecule has 1 saturated carbocycles. The lowest BCUT2D eigenvalue weighted by Gasteiger charge is -2.19. The lowest BCUT2D eigenvalue weighted by molar-refractivity contribution is -0.00755. The molecule has 2 nitrogen and oxygen atoms in total. The third-order valence-corrected chi connectivity index (χ3v) is 2.83. The minimum atomic E-state index is 0.615. The fraction of sp³-hybridized carbons (Fsp3) is 1.00. The average molecular weight is 185 g/mol. The summed E-state index contributed by atoms with van der Waals surface area (Å²) in [5.41, 5.74) is 3.21. The van der Waals surface area contributed by atoms with Crippen LogP contribution < -0.4 is 5.48 Å². The van der Waals surface area contributed by atoms with E-state index in [9.17, 15) is 0 Å². The first kappa shape index (κ1) is 11.0. The van der Waals surface area contributed by atoms with Crippen molar-refractivity contribution in [3.63, 3.8) is 0 Å². The van der Waals surface area contributed by atoms with Gasteiger partial charge in [-0.1, -0.05) is 33.6 Å². The van der Waals surface area contributed by atoms with Crippen molar-refractivity contribution in [2.24, 2.45) is 11.8 Å². The largest absolute Gasteiger partial charge is 0.301 e. The summed E-state index contributed by atoms with van der Waals surface area (Å²) in [5.74, 6) is 1.46. The van der Waals surface area contributed by atoms with Gasteiger partial charge in [-0.15, -0.1) is 0 Å². The molecule has 0 amide bonds. The molecule has 0 radical (unpaired) electrons. The maximum atomic E-state index is 5.46. The third kappa shape index (κ3) is 3.65. The lowest BCUT2D eigenvalue weighted by atomic mass is 10.0. The van der Waals surface area contributed by atoms with E-state index >= 15 is 0 Å². The Balaban J connectivity index is 2.13. The topological polar surface area (TPSA) is 21.3 Å². The summed E-state index contributed by atoms with van der Waals surface area (Å²) in [4.78, 5) is 5.46. The molecule has 2 heteroatoms. The van der Waals surface area contributed by atoms with Gasteiger partial charge in [0, 0.05) is 6.04 Å². The van der Waals surface area contributed by atoms with Crippen molar-refractivity contribution >= 4 is 0 Å². The quantitative estimate of drug-likeness (QED) is 0.665. The first-order valence-electron chi connectivity index (χ1n) is 5.61. The summed E-state index contributed by atoms with van der Waals surface area (Å²) in [6, 6.07) is 0.615. The molecule has 0 aliphatic heterocycles. The Morgan fingerprint density at radius 1 is 1.38 bits per heavy atom. The van der Waals surface area contributed by atoms with Gasteiger partial charge in [0.1, 0.15) is 0 Å². The first-order valence-corrected chi connectivity index (χ1v) is 5.61. The number of nitrogens with one attached hydrogen (secondary N) is 1. The van der Waals surface area contributed by atoms with Gasteiger partial charge in [0.15, 0.2) is 0 Å². The van der Waals surface area contributed by atoms with Crippen molar-refractivity contribution in [1.82, 2.24) is 5.48 Å². The number of hydroxylamine groups is 1. The van der Waals surface area contributed by atoms with Gasteiger partial charge in [-0.05, 0) is 24.7 Å². The monoisotopic (exact) mass is 185 g/mol. The molecular formula is C11H23NO. The summed E-state index contributed by atoms with van der Waals surface area (Å²) in [6.45, 7) is 7.45. The van der Waals surface area contributed by atoms with Crippen LogP contribution in [0.5, 0.6) is 0 Å². The number of hydrogen-bond donors (Lipinski definition) is 1. The fourth-order valence-corrected chi connectivity index (χ4v) is 2.00. The van der Waals surface area contributed by atoms with E-state index in [4.69, 9.17) is 4.84 Å². The second kappa shape index (κ2) is 5.61. The van der Waals surface area contributed by atoms with Crippen LogP contribution in [0.15, 0.2) is 0 Å². The minimum Gasteiger partial charge on any atom is -0.301 e. The Morgan fingerprint density at radius 2 is 2.15 bits per heavy atom. The van der Waals surface area contributed by atoms with E-state index in [0.717, 1.165) is 12.5 Å². The van der Waals surface area contributed by atoms with E-state index in [1.807, 2.05) is 0 Å². The molecule has 0 heterocycles. The lowest BCUT2D eigenvalue weighted by Crippen LogP contribution is -2.33. The van der Waals surface area contributed by atoms with Gasteiger partial charge in [0.25, 0.3) is 0 Å². The summed E-state index contributed by atoms with van der Waals surface area (Å²) in [5, 5.41) is 0. The zero-order chi connectivity index (χ0) is 9.68. The molecule has 0 aromatic rings. The molecule has 1 rings (SSSR count). The predicted octanol–water partition coefficient (Wildman–Crippen LogP) is 2.74. The van der Waals surface area contributed by atoms with Gasteiger partial charge in [-0.3, -0.25) is 0 Å². The Hall–Kier alpha value is -0.0800. The van der Waals surface area contributed by atoms with E-state index in [1.165, 1.54) is 25.7 Å². The van der Waals surface area contributed by atoms with Gasteiger partial charge in [0.05, 0.1) is 6.61 Å². The second-order valence-electron chi connectivity index (χ2n) is 4.53. The molecule has 0 spiro atoms. The first-order chi connectivity index (χ1) is 6.24. The molecule has 0 saturated heterocycles. The van der Waals surface area contributed by atoms with Gasteiger partial charge >= 0.3 is 0 Å². The zero-order valence-corrected chi connectivity index (χ0v) is 9.18. The van der Waals surface area contributed by atoms with E-state index < -0.39 is 0 Å². The molecule has 13 heavy (non-hydrogen) atoms. The van der Waals surface area contributed by atoms with Crippen LogP contribution in [0.4, 0.5) is 0 Å². The molecule has 0 bridgehead atoms. The third-order valence-electron chi connectivity index (χ3n) is 2.83. The highest BCUT2D eigenvalue weighted by atomic mass is 16.6. The molecule has 0 aromatic carbocycles.